The van der Waals surface area contributed by atoms with Gasteiger partial charge in [0.1, 0.15) is 0 Å². The predicted octanol–water partition coefficient (Wildman–Crippen LogP) is 1.39. The molecule has 0 aromatic rings. The molecule has 0 aromatic heterocycles. The molecule has 0 bridgehead atoms. The molecule has 2 N–H and O–H groups in total. The van der Waals surface area contributed by atoms with Gasteiger partial charge in [0.05, 0.1) is 12.2 Å². The number of alkyl carbamates (subject to hydrolysis) is 1. The zero-order valence-electron chi connectivity index (χ0n) is 10.8. The summed E-state index contributed by atoms with van der Waals surface area (Å²) in [6.45, 7) is 5.41. The minimum absolute atomic E-state index is 0.280. The molecule has 17 heavy (non-hydrogen) atoms. The van der Waals surface area contributed by atoms with Crippen molar-refractivity contribution in [2.24, 2.45) is 0 Å². The molecular weight excluding hydrogens is 226 g/mol. The highest BCUT2D eigenvalue weighted by molar-refractivity contribution is 5.81. The van der Waals surface area contributed by atoms with E-state index in [9.17, 15) is 9.59 Å². The van der Waals surface area contributed by atoms with Crippen molar-refractivity contribution in [1.82, 2.24) is 5.32 Å². The fraction of sp³-hybridized carbons (Fsp3) is 0.818. The van der Waals surface area contributed by atoms with Gasteiger partial charge in [0.15, 0.2) is 6.04 Å². The number of carboxylic acid groups (broad SMARTS) is 1. The average molecular weight is 247 g/mol. The van der Waals surface area contributed by atoms with E-state index in [0.29, 0.717) is 0 Å². The molecule has 0 spiro atoms. The Morgan fingerprint density at radius 2 is 2.00 bits per heavy atom. The maximum absolute atomic E-state index is 11.3. The highest BCUT2D eigenvalue weighted by Crippen LogP contribution is 2.14. The van der Waals surface area contributed by atoms with E-state index in [1.165, 1.54) is 7.11 Å². The lowest BCUT2D eigenvalue weighted by Crippen LogP contribution is -2.55. The van der Waals surface area contributed by atoms with Crippen molar-refractivity contribution in [3.63, 3.8) is 0 Å². The first kappa shape index (κ1) is 15.7. The molecular formula is C11H21NO5. The molecule has 1 atom stereocenters. The number of hydrogen-bond donors (Lipinski definition) is 2. The van der Waals surface area contributed by atoms with E-state index in [4.69, 9.17) is 14.6 Å². The van der Waals surface area contributed by atoms with Crippen LogP contribution in [0.4, 0.5) is 4.79 Å². The number of unbranched alkanes of at least 4 members (excludes halogenated alkanes) is 1. The zero-order chi connectivity index (χ0) is 13.5. The van der Waals surface area contributed by atoms with Crippen LogP contribution >= 0.6 is 0 Å². The second-order valence-electron chi connectivity index (χ2n) is 4.21. The predicted molar refractivity (Wildman–Crippen MR) is 61.9 cm³/mol. The Kier molecular flexibility index (Phi) is 6.57. The number of carbonyl (C=O) groups excluding carboxylic acids is 1. The fourth-order valence-corrected chi connectivity index (χ4v) is 1.12. The Bertz CT molecular complexity index is 265. The molecule has 100 valence electrons. The van der Waals surface area contributed by atoms with Gasteiger partial charge in [0.25, 0.3) is 0 Å². The van der Waals surface area contributed by atoms with Crippen LogP contribution in [0.1, 0.15) is 33.6 Å². The van der Waals surface area contributed by atoms with Crippen molar-refractivity contribution < 1.29 is 24.2 Å². The molecule has 0 aliphatic carbocycles. The van der Waals surface area contributed by atoms with Crippen molar-refractivity contribution in [3.05, 3.63) is 0 Å². The van der Waals surface area contributed by atoms with E-state index in [0.717, 1.165) is 12.8 Å². The smallest absolute Gasteiger partial charge is 0.407 e. The number of ether oxygens (including phenoxy) is 2. The third kappa shape index (κ3) is 5.53. The van der Waals surface area contributed by atoms with Crippen molar-refractivity contribution in [2.75, 3.05) is 13.7 Å². The van der Waals surface area contributed by atoms with Gasteiger partial charge in [-0.2, -0.15) is 0 Å². The molecule has 0 radical (unpaired) electrons. The van der Waals surface area contributed by atoms with E-state index in [-0.39, 0.29) is 6.61 Å². The number of rotatable bonds is 7. The average Bonchev–Trinajstić information content (AvgIpc) is 2.25. The maximum Gasteiger partial charge on any atom is 0.407 e. The summed E-state index contributed by atoms with van der Waals surface area (Å²) in [6.07, 6.45) is 0.911. The molecule has 0 aliphatic heterocycles. The fourth-order valence-electron chi connectivity index (χ4n) is 1.12. The Balaban J connectivity index is 4.36. The van der Waals surface area contributed by atoms with Crippen LogP contribution in [0.3, 0.4) is 0 Å². The summed E-state index contributed by atoms with van der Waals surface area (Å²) in [6, 6.07) is -1.15. The lowest BCUT2D eigenvalue weighted by atomic mass is 9.99. The minimum atomic E-state index is -1.16. The van der Waals surface area contributed by atoms with Gasteiger partial charge in [0, 0.05) is 7.11 Å². The quantitative estimate of drug-likeness (QED) is 0.664. The van der Waals surface area contributed by atoms with Gasteiger partial charge < -0.3 is 19.9 Å². The van der Waals surface area contributed by atoms with Crippen LogP contribution in [0.25, 0.3) is 0 Å². The summed E-state index contributed by atoms with van der Waals surface area (Å²) in [5.74, 6) is -1.16. The topological polar surface area (TPSA) is 84.9 Å². The number of amides is 1. The van der Waals surface area contributed by atoms with Crippen molar-refractivity contribution >= 4 is 12.1 Å². The summed E-state index contributed by atoms with van der Waals surface area (Å²) in [5.41, 5.74) is -1.00. The van der Waals surface area contributed by atoms with Crippen LogP contribution in [0, 0.1) is 0 Å². The molecule has 0 aliphatic rings. The minimum Gasteiger partial charge on any atom is -0.480 e. The van der Waals surface area contributed by atoms with Gasteiger partial charge in [-0.25, -0.2) is 9.59 Å². The first-order chi connectivity index (χ1) is 7.85. The molecule has 6 heteroatoms. The molecule has 0 heterocycles. The number of carboxylic acids is 1. The number of carbonyl (C=O) groups is 2. The van der Waals surface area contributed by atoms with Gasteiger partial charge in [-0.3, -0.25) is 0 Å². The van der Waals surface area contributed by atoms with Crippen LogP contribution in [-0.4, -0.2) is 42.5 Å². The van der Waals surface area contributed by atoms with E-state index in [1.54, 1.807) is 13.8 Å². The Morgan fingerprint density at radius 1 is 1.41 bits per heavy atom. The number of aliphatic carboxylic acids is 1. The summed E-state index contributed by atoms with van der Waals surface area (Å²) >= 11 is 0. The van der Waals surface area contributed by atoms with Crippen molar-refractivity contribution in [1.29, 1.82) is 0 Å². The maximum atomic E-state index is 11.3. The molecule has 0 saturated carbocycles. The second kappa shape index (κ2) is 7.11. The SMILES string of the molecule is CCCCOC(=O)NC(C(=O)O)C(C)(C)OC. The first-order valence-electron chi connectivity index (χ1n) is 5.56. The van der Waals surface area contributed by atoms with Gasteiger partial charge in [-0.05, 0) is 20.3 Å². The largest absolute Gasteiger partial charge is 0.480 e. The van der Waals surface area contributed by atoms with Gasteiger partial charge in [0.2, 0.25) is 0 Å². The van der Waals surface area contributed by atoms with E-state index in [2.05, 4.69) is 5.32 Å². The highest BCUT2D eigenvalue weighted by Gasteiger charge is 2.37. The summed E-state index contributed by atoms with van der Waals surface area (Å²) in [5, 5.41) is 11.3. The van der Waals surface area contributed by atoms with Crippen LogP contribution in [-0.2, 0) is 14.3 Å². The van der Waals surface area contributed by atoms with E-state index < -0.39 is 23.7 Å². The highest BCUT2D eigenvalue weighted by atomic mass is 16.5. The van der Waals surface area contributed by atoms with Crippen molar-refractivity contribution in [3.8, 4) is 0 Å². The van der Waals surface area contributed by atoms with Gasteiger partial charge in [-0.15, -0.1) is 0 Å². The zero-order valence-corrected chi connectivity index (χ0v) is 10.8. The van der Waals surface area contributed by atoms with Crippen LogP contribution in [0.15, 0.2) is 0 Å². The van der Waals surface area contributed by atoms with E-state index >= 15 is 0 Å². The van der Waals surface area contributed by atoms with Gasteiger partial charge >= 0.3 is 12.1 Å². The summed E-state index contributed by atoms with van der Waals surface area (Å²) < 4.78 is 9.87. The standard InChI is InChI=1S/C11H21NO5/c1-5-6-7-17-10(15)12-8(9(13)14)11(2,3)16-4/h8H,5-7H2,1-4H3,(H,12,15)(H,13,14). The van der Waals surface area contributed by atoms with Gasteiger partial charge in [-0.1, -0.05) is 13.3 Å². The molecule has 6 nitrogen and oxygen atoms in total. The molecule has 0 rings (SSSR count). The number of hydrogen-bond acceptors (Lipinski definition) is 4. The lowest BCUT2D eigenvalue weighted by Gasteiger charge is -2.30. The monoisotopic (exact) mass is 247 g/mol. The lowest BCUT2D eigenvalue weighted by molar-refractivity contribution is -0.147. The first-order valence-corrected chi connectivity index (χ1v) is 5.56. The van der Waals surface area contributed by atoms with Crippen molar-refractivity contribution in [2.45, 2.75) is 45.3 Å². The molecule has 1 amide bonds. The third-order valence-electron chi connectivity index (χ3n) is 2.46. The van der Waals surface area contributed by atoms with Crippen LogP contribution < -0.4 is 5.32 Å². The summed E-state index contributed by atoms with van der Waals surface area (Å²) in [4.78, 5) is 22.4. The Labute approximate surface area is 101 Å². The normalized spacial score (nSPS) is 12.9. The van der Waals surface area contributed by atoms with E-state index in [1.807, 2.05) is 6.92 Å². The second-order valence-corrected chi connectivity index (χ2v) is 4.21. The third-order valence-corrected chi connectivity index (χ3v) is 2.46. The van der Waals surface area contributed by atoms with Crippen LogP contribution in [0.2, 0.25) is 0 Å². The number of methoxy groups -OCH3 is 1. The Hall–Kier alpha value is -1.30. The molecule has 0 fully saturated rings. The molecule has 0 saturated heterocycles. The number of nitrogens with one attached hydrogen (secondary N) is 1. The summed E-state index contributed by atoms with van der Waals surface area (Å²) in [7, 11) is 1.39. The molecule has 1 unspecified atom stereocenters. The molecule has 0 aromatic carbocycles. The Morgan fingerprint density at radius 3 is 2.41 bits per heavy atom. The van der Waals surface area contributed by atoms with Crippen LogP contribution in [0.5, 0.6) is 0 Å².